The fourth-order valence-corrected chi connectivity index (χ4v) is 3.18. The molecule has 146 valence electrons. The van der Waals surface area contributed by atoms with Crippen LogP contribution in [-0.4, -0.2) is 63.2 Å². The predicted octanol–water partition coefficient (Wildman–Crippen LogP) is -0.125. The van der Waals surface area contributed by atoms with E-state index in [1.165, 1.54) is 10.9 Å². The molecule has 0 spiro atoms. The Morgan fingerprint density at radius 2 is 1.96 bits per heavy atom. The van der Waals surface area contributed by atoms with Gasteiger partial charge in [-0.05, 0) is 47.5 Å². The third kappa shape index (κ3) is 3.92. The molecule has 2 amide bonds. The van der Waals surface area contributed by atoms with Gasteiger partial charge in [-0.25, -0.2) is 0 Å². The fourth-order valence-electron chi connectivity index (χ4n) is 3.18. The van der Waals surface area contributed by atoms with Crippen molar-refractivity contribution >= 4 is 23.3 Å². The van der Waals surface area contributed by atoms with Crippen LogP contribution in [0, 0.1) is 5.92 Å². The summed E-state index contributed by atoms with van der Waals surface area (Å²) in [6.07, 6.45) is 2.92. The number of rotatable bonds is 6. The number of carbonyl (C=O) groups excluding carboxylic acids is 2. The molecule has 0 unspecified atom stereocenters. The number of nitrogens with one attached hydrogen (secondary N) is 2. The van der Waals surface area contributed by atoms with Gasteiger partial charge in [-0.15, -0.1) is 14.8 Å². The number of nitrogens with zero attached hydrogens (tertiary/aromatic N) is 6. The van der Waals surface area contributed by atoms with Gasteiger partial charge in [0, 0.05) is 32.1 Å². The third-order valence-corrected chi connectivity index (χ3v) is 4.70. The zero-order chi connectivity index (χ0) is 19.3. The molecule has 1 fully saturated rings. The van der Waals surface area contributed by atoms with Gasteiger partial charge in [-0.1, -0.05) is 0 Å². The van der Waals surface area contributed by atoms with Gasteiger partial charge >= 0.3 is 0 Å². The molecule has 1 aliphatic rings. The molecule has 1 aliphatic heterocycles. The molecule has 0 radical (unpaired) electrons. The van der Waals surface area contributed by atoms with Crippen LogP contribution >= 0.6 is 0 Å². The minimum atomic E-state index is -0.292. The number of hydrogen-bond acceptors (Lipinski definition) is 8. The molecule has 28 heavy (non-hydrogen) atoms. The summed E-state index contributed by atoms with van der Waals surface area (Å²) in [5.74, 6) is 0.718. The standard InChI is InChI=1S/C17H20N8O3/c26-16(18-7-8-19-17(27)13-2-1-11-28-13)12-5-9-24(10-6-12)15-4-3-14-20-22-23-25(14)21-15/h1-4,11-12H,5-10H2,(H,18,26)(H,19,27). The second-order valence-corrected chi connectivity index (χ2v) is 6.50. The van der Waals surface area contributed by atoms with E-state index in [1.54, 1.807) is 12.1 Å². The first-order valence-corrected chi connectivity index (χ1v) is 9.10. The van der Waals surface area contributed by atoms with Gasteiger partial charge in [0.2, 0.25) is 5.91 Å². The zero-order valence-electron chi connectivity index (χ0n) is 15.1. The van der Waals surface area contributed by atoms with Crippen molar-refractivity contribution in [1.29, 1.82) is 0 Å². The Hall–Kier alpha value is -3.50. The smallest absolute Gasteiger partial charge is 0.287 e. The molecule has 0 aromatic carbocycles. The van der Waals surface area contributed by atoms with Gasteiger partial charge in [0.1, 0.15) is 0 Å². The van der Waals surface area contributed by atoms with E-state index >= 15 is 0 Å². The molecule has 3 aromatic rings. The minimum Gasteiger partial charge on any atom is -0.459 e. The van der Waals surface area contributed by atoms with E-state index in [9.17, 15) is 9.59 Å². The van der Waals surface area contributed by atoms with E-state index in [1.807, 2.05) is 12.1 Å². The molecular formula is C17H20N8O3. The molecular weight excluding hydrogens is 364 g/mol. The molecule has 4 heterocycles. The van der Waals surface area contributed by atoms with Crippen LogP contribution in [0.15, 0.2) is 34.9 Å². The average molecular weight is 384 g/mol. The molecule has 4 rings (SSSR count). The van der Waals surface area contributed by atoms with Crippen molar-refractivity contribution in [2.75, 3.05) is 31.1 Å². The molecule has 0 bridgehead atoms. The molecule has 1 saturated heterocycles. The maximum Gasteiger partial charge on any atom is 0.287 e. The Balaban J connectivity index is 1.20. The summed E-state index contributed by atoms with van der Waals surface area (Å²) in [6, 6.07) is 6.94. The second kappa shape index (κ2) is 8.03. The molecule has 0 atom stereocenters. The number of aromatic nitrogens is 5. The zero-order valence-corrected chi connectivity index (χ0v) is 15.1. The highest BCUT2D eigenvalue weighted by molar-refractivity contribution is 5.91. The van der Waals surface area contributed by atoms with Crippen LogP contribution < -0.4 is 15.5 Å². The first-order valence-electron chi connectivity index (χ1n) is 9.10. The van der Waals surface area contributed by atoms with Gasteiger partial charge in [0.15, 0.2) is 17.2 Å². The quantitative estimate of drug-likeness (QED) is 0.562. The predicted molar refractivity (Wildman–Crippen MR) is 97.6 cm³/mol. The highest BCUT2D eigenvalue weighted by Crippen LogP contribution is 2.21. The Kier molecular flexibility index (Phi) is 5.13. The van der Waals surface area contributed by atoms with E-state index in [-0.39, 0.29) is 23.5 Å². The maximum atomic E-state index is 12.3. The van der Waals surface area contributed by atoms with Crippen molar-refractivity contribution in [3.05, 3.63) is 36.3 Å². The summed E-state index contributed by atoms with van der Waals surface area (Å²) < 4.78 is 6.41. The largest absolute Gasteiger partial charge is 0.459 e. The van der Waals surface area contributed by atoms with Gasteiger partial charge in [-0.3, -0.25) is 9.59 Å². The van der Waals surface area contributed by atoms with E-state index in [2.05, 4.69) is 36.2 Å². The molecule has 3 aromatic heterocycles. The number of hydrogen-bond donors (Lipinski definition) is 2. The van der Waals surface area contributed by atoms with Gasteiger partial charge < -0.3 is 20.0 Å². The Morgan fingerprint density at radius 1 is 1.14 bits per heavy atom. The fraction of sp³-hybridized carbons (Fsp3) is 0.412. The summed E-state index contributed by atoms with van der Waals surface area (Å²) in [5, 5.41) is 21.2. The van der Waals surface area contributed by atoms with Crippen molar-refractivity contribution in [2.45, 2.75) is 12.8 Å². The average Bonchev–Trinajstić information content (AvgIpc) is 3.42. The Bertz CT molecular complexity index is 946. The number of fused-ring (bicyclic) bond motifs is 1. The molecule has 11 nitrogen and oxygen atoms in total. The van der Waals surface area contributed by atoms with Crippen molar-refractivity contribution in [2.24, 2.45) is 5.92 Å². The second-order valence-electron chi connectivity index (χ2n) is 6.50. The SMILES string of the molecule is O=C(NCCNC(=O)C1CCN(c2ccc3nnnn3n2)CC1)c1ccco1. The van der Waals surface area contributed by atoms with Crippen LogP contribution in [0.2, 0.25) is 0 Å². The molecule has 0 aliphatic carbocycles. The van der Waals surface area contributed by atoms with Crippen LogP contribution in [0.4, 0.5) is 5.82 Å². The topological polar surface area (TPSA) is 131 Å². The van der Waals surface area contributed by atoms with Crippen molar-refractivity contribution in [3.63, 3.8) is 0 Å². The molecule has 2 N–H and O–H groups in total. The summed E-state index contributed by atoms with van der Waals surface area (Å²) in [5.41, 5.74) is 0.595. The van der Waals surface area contributed by atoms with E-state index in [0.29, 0.717) is 18.7 Å². The summed E-state index contributed by atoms with van der Waals surface area (Å²) in [7, 11) is 0. The lowest BCUT2D eigenvalue weighted by Crippen LogP contribution is -2.42. The van der Waals surface area contributed by atoms with E-state index < -0.39 is 0 Å². The minimum absolute atomic E-state index is 0.00999. The lowest BCUT2D eigenvalue weighted by atomic mass is 9.96. The van der Waals surface area contributed by atoms with Crippen LogP contribution in [0.5, 0.6) is 0 Å². The summed E-state index contributed by atoms with van der Waals surface area (Å²) in [4.78, 5) is 26.2. The lowest BCUT2D eigenvalue weighted by Gasteiger charge is -2.31. The van der Waals surface area contributed by atoms with Gasteiger partial charge in [0.05, 0.1) is 6.26 Å². The highest BCUT2D eigenvalue weighted by Gasteiger charge is 2.25. The van der Waals surface area contributed by atoms with E-state index in [4.69, 9.17) is 4.42 Å². The number of tetrazole rings is 1. The number of amides is 2. The van der Waals surface area contributed by atoms with Gasteiger partial charge in [0.25, 0.3) is 5.91 Å². The highest BCUT2D eigenvalue weighted by atomic mass is 16.3. The van der Waals surface area contributed by atoms with E-state index in [0.717, 1.165) is 31.7 Å². The third-order valence-electron chi connectivity index (χ3n) is 4.70. The number of piperidine rings is 1. The van der Waals surface area contributed by atoms with Crippen LogP contribution in [0.1, 0.15) is 23.4 Å². The van der Waals surface area contributed by atoms with Crippen molar-refractivity contribution in [1.82, 2.24) is 35.9 Å². The van der Waals surface area contributed by atoms with Gasteiger partial charge in [-0.2, -0.15) is 0 Å². The van der Waals surface area contributed by atoms with Crippen molar-refractivity contribution < 1.29 is 14.0 Å². The first-order chi connectivity index (χ1) is 13.7. The Labute approximate surface area is 160 Å². The summed E-state index contributed by atoms with van der Waals surface area (Å²) >= 11 is 0. The molecule has 0 saturated carbocycles. The first kappa shape index (κ1) is 17.9. The summed E-state index contributed by atoms with van der Waals surface area (Å²) in [6.45, 7) is 2.19. The number of furan rings is 1. The number of carbonyl (C=O) groups is 2. The molecule has 11 heteroatoms. The van der Waals surface area contributed by atoms with Crippen LogP contribution in [0.25, 0.3) is 5.65 Å². The van der Waals surface area contributed by atoms with Crippen LogP contribution in [0.3, 0.4) is 0 Å². The monoisotopic (exact) mass is 384 g/mol. The van der Waals surface area contributed by atoms with Crippen molar-refractivity contribution in [3.8, 4) is 0 Å². The Morgan fingerprint density at radius 3 is 2.75 bits per heavy atom. The maximum absolute atomic E-state index is 12.3. The normalized spacial score (nSPS) is 14.9. The lowest BCUT2D eigenvalue weighted by molar-refractivity contribution is -0.125. The number of anilines is 1. The van der Waals surface area contributed by atoms with Crippen LogP contribution in [-0.2, 0) is 4.79 Å².